The maximum atomic E-state index is 4.49. The lowest BCUT2D eigenvalue weighted by atomic mass is 10.1. The van der Waals surface area contributed by atoms with Gasteiger partial charge in [0.05, 0.1) is 6.54 Å². The van der Waals surface area contributed by atoms with Crippen LogP contribution >= 0.6 is 22.6 Å². The Balaban J connectivity index is 2.25. The molecule has 3 nitrogen and oxygen atoms in total. The second-order valence-corrected chi connectivity index (χ2v) is 4.65. The maximum Gasteiger partial charge on any atom is 0.192 e. The molecule has 1 aliphatic heterocycles. The molecule has 1 unspecified atom stereocenters. The van der Waals surface area contributed by atoms with Gasteiger partial charge >= 0.3 is 0 Å². The second kappa shape index (κ2) is 4.83. The van der Waals surface area contributed by atoms with Crippen molar-refractivity contribution in [1.82, 2.24) is 10.6 Å². The van der Waals surface area contributed by atoms with Crippen molar-refractivity contribution in [3.8, 4) is 0 Å². The zero-order valence-electron chi connectivity index (χ0n) is 8.63. The van der Waals surface area contributed by atoms with Crippen molar-refractivity contribution >= 4 is 28.6 Å². The predicted octanol–water partition coefficient (Wildman–Crippen LogP) is 2.19. The molecule has 0 saturated heterocycles. The lowest BCUT2D eigenvalue weighted by molar-refractivity contribution is 0.841. The zero-order chi connectivity index (χ0) is 10.7. The van der Waals surface area contributed by atoms with Crippen LogP contribution in [0.4, 0.5) is 0 Å². The summed E-state index contributed by atoms with van der Waals surface area (Å²) >= 11 is 2.40. The Hall–Kier alpha value is -0.780. The van der Waals surface area contributed by atoms with Gasteiger partial charge < -0.3 is 10.6 Å². The Kier molecular flexibility index (Phi) is 3.45. The predicted molar refractivity (Wildman–Crippen MR) is 71.2 cm³/mol. The summed E-state index contributed by atoms with van der Waals surface area (Å²) in [6.07, 6.45) is 0. The third kappa shape index (κ3) is 2.42. The van der Waals surface area contributed by atoms with Gasteiger partial charge in [0.1, 0.15) is 4.05 Å². The molecule has 4 heteroatoms. The van der Waals surface area contributed by atoms with Crippen molar-refractivity contribution in [3.63, 3.8) is 0 Å². The number of nitrogens with one attached hydrogen (secondary N) is 2. The molecule has 2 N–H and O–H groups in total. The summed E-state index contributed by atoms with van der Waals surface area (Å²) in [5.74, 6) is 0.896. The fourth-order valence-corrected chi connectivity index (χ4v) is 2.51. The van der Waals surface area contributed by atoms with Crippen LogP contribution in [0.3, 0.4) is 0 Å². The van der Waals surface area contributed by atoms with Crippen molar-refractivity contribution in [2.75, 3.05) is 6.54 Å². The first-order valence-electron chi connectivity index (χ1n) is 5.08. The van der Waals surface area contributed by atoms with Crippen molar-refractivity contribution in [2.24, 2.45) is 4.99 Å². The van der Waals surface area contributed by atoms with Crippen LogP contribution in [0.5, 0.6) is 0 Å². The molecule has 80 valence electrons. The SMILES string of the molecule is CCNC1=NCc2ccccc2C(I)N1. The Bertz CT molecular complexity index is 376. The van der Waals surface area contributed by atoms with E-state index in [0.717, 1.165) is 19.0 Å². The fraction of sp³-hybridized carbons (Fsp3) is 0.364. The molecule has 0 fully saturated rings. The summed E-state index contributed by atoms with van der Waals surface area (Å²) in [7, 11) is 0. The summed E-state index contributed by atoms with van der Waals surface area (Å²) in [6, 6.07) is 8.44. The van der Waals surface area contributed by atoms with E-state index >= 15 is 0 Å². The summed E-state index contributed by atoms with van der Waals surface area (Å²) in [5, 5.41) is 6.59. The highest BCUT2D eigenvalue weighted by molar-refractivity contribution is 14.1. The van der Waals surface area contributed by atoms with Crippen LogP contribution in [0.15, 0.2) is 29.3 Å². The number of benzene rings is 1. The molecular weight excluding hydrogens is 301 g/mol. The van der Waals surface area contributed by atoms with E-state index in [9.17, 15) is 0 Å². The van der Waals surface area contributed by atoms with Gasteiger partial charge in [-0.25, -0.2) is 4.99 Å². The molecule has 0 radical (unpaired) electrons. The average Bonchev–Trinajstić information content (AvgIpc) is 2.40. The Morgan fingerprint density at radius 2 is 2.33 bits per heavy atom. The van der Waals surface area contributed by atoms with Crippen LogP contribution in [0.2, 0.25) is 0 Å². The van der Waals surface area contributed by atoms with E-state index in [0.29, 0.717) is 4.05 Å². The Labute approximate surface area is 104 Å². The third-order valence-electron chi connectivity index (χ3n) is 2.34. The van der Waals surface area contributed by atoms with Gasteiger partial charge in [-0.15, -0.1) is 0 Å². The van der Waals surface area contributed by atoms with E-state index in [-0.39, 0.29) is 0 Å². The summed E-state index contributed by atoms with van der Waals surface area (Å²) in [5.41, 5.74) is 2.63. The molecule has 0 saturated carbocycles. The van der Waals surface area contributed by atoms with Gasteiger partial charge in [-0.05, 0) is 18.1 Å². The van der Waals surface area contributed by atoms with E-state index < -0.39 is 0 Å². The minimum atomic E-state index is 0.291. The minimum absolute atomic E-state index is 0.291. The molecule has 0 spiro atoms. The summed E-state index contributed by atoms with van der Waals surface area (Å²) in [4.78, 5) is 4.49. The minimum Gasteiger partial charge on any atom is -0.357 e. The number of nitrogens with zero attached hydrogens (tertiary/aromatic N) is 1. The van der Waals surface area contributed by atoms with Crippen molar-refractivity contribution in [3.05, 3.63) is 35.4 Å². The summed E-state index contributed by atoms with van der Waals surface area (Å²) in [6.45, 7) is 3.72. The molecular formula is C11H14IN3. The van der Waals surface area contributed by atoms with E-state index in [1.165, 1.54) is 11.1 Å². The van der Waals surface area contributed by atoms with E-state index in [2.05, 4.69) is 69.4 Å². The highest BCUT2D eigenvalue weighted by atomic mass is 127. The molecule has 15 heavy (non-hydrogen) atoms. The number of alkyl halides is 1. The van der Waals surface area contributed by atoms with Crippen LogP contribution in [0.1, 0.15) is 22.1 Å². The second-order valence-electron chi connectivity index (χ2n) is 3.40. The monoisotopic (exact) mass is 315 g/mol. The van der Waals surface area contributed by atoms with Gasteiger partial charge in [0.15, 0.2) is 5.96 Å². The molecule has 0 aliphatic carbocycles. The summed E-state index contributed by atoms with van der Waals surface area (Å²) < 4.78 is 0.291. The van der Waals surface area contributed by atoms with E-state index in [1.807, 2.05) is 0 Å². The molecule has 1 aromatic rings. The first kappa shape index (κ1) is 10.7. The maximum absolute atomic E-state index is 4.49. The van der Waals surface area contributed by atoms with Crippen LogP contribution < -0.4 is 10.6 Å². The first-order chi connectivity index (χ1) is 7.31. The average molecular weight is 315 g/mol. The van der Waals surface area contributed by atoms with Crippen molar-refractivity contribution in [1.29, 1.82) is 0 Å². The molecule has 1 heterocycles. The number of fused-ring (bicyclic) bond motifs is 1. The van der Waals surface area contributed by atoms with E-state index in [1.54, 1.807) is 0 Å². The number of hydrogen-bond donors (Lipinski definition) is 2. The lowest BCUT2D eigenvalue weighted by Gasteiger charge is -2.14. The van der Waals surface area contributed by atoms with Crippen LogP contribution in [-0.2, 0) is 6.54 Å². The molecule has 0 amide bonds. The van der Waals surface area contributed by atoms with Crippen LogP contribution in [0, 0.1) is 0 Å². The number of halogens is 1. The van der Waals surface area contributed by atoms with Gasteiger partial charge in [0.2, 0.25) is 0 Å². The van der Waals surface area contributed by atoms with Gasteiger partial charge in [0.25, 0.3) is 0 Å². The molecule has 1 atom stereocenters. The standard InChI is InChI=1S/C11H14IN3/c1-2-13-11-14-7-8-5-3-4-6-9(8)10(12)15-11/h3-6,10H,2,7H2,1H3,(H2,13,14,15). The molecule has 1 aromatic carbocycles. The van der Waals surface area contributed by atoms with Gasteiger partial charge in [-0.3, -0.25) is 0 Å². The topological polar surface area (TPSA) is 36.4 Å². The lowest BCUT2D eigenvalue weighted by Crippen LogP contribution is -2.36. The highest BCUT2D eigenvalue weighted by Gasteiger charge is 2.15. The molecule has 0 bridgehead atoms. The molecule has 1 aliphatic rings. The molecule has 2 rings (SSSR count). The smallest absolute Gasteiger partial charge is 0.192 e. The van der Waals surface area contributed by atoms with Crippen LogP contribution in [-0.4, -0.2) is 12.5 Å². The van der Waals surface area contributed by atoms with Crippen molar-refractivity contribution < 1.29 is 0 Å². The number of guanidine groups is 1. The van der Waals surface area contributed by atoms with E-state index in [4.69, 9.17) is 0 Å². The first-order valence-corrected chi connectivity index (χ1v) is 6.32. The molecule has 0 aromatic heterocycles. The quantitative estimate of drug-likeness (QED) is 0.473. The largest absolute Gasteiger partial charge is 0.357 e. The third-order valence-corrected chi connectivity index (χ3v) is 3.33. The van der Waals surface area contributed by atoms with Crippen molar-refractivity contribution in [2.45, 2.75) is 17.5 Å². The fourth-order valence-electron chi connectivity index (χ4n) is 1.61. The number of aliphatic imine (C=N–C) groups is 1. The highest BCUT2D eigenvalue weighted by Crippen LogP contribution is 2.26. The van der Waals surface area contributed by atoms with Gasteiger partial charge in [-0.1, -0.05) is 46.9 Å². The Morgan fingerprint density at radius 3 is 3.13 bits per heavy atom. The number of rotatable bonds is 1. The Morgan fingerprint density at radius 1 is 1.53 bits per heavy atom. The van der Waals surface area contributed by atoms with Gasteiger partial charge in [0, 0.05) is 6.54 Å². The zero-order valence-corrected chi connectivity index (χ0v) is 10.8. The van der Waals surface area contributed by atoms with Gasteiger partial charge in [-0.2, -0.15) is 0 Å². The number of hydrogen-bond acceptors (Lipinski definition) is 3. The normalized spacial score (nSPS) is 19.6. The van der Waals surface area contributed by atoms with Crippen LogP contribution in [0.25, 0.3) is 0 Å².